The normalized spacial score (nSPS) is 19.3. The number of alkyl halides is 1. The van der Waals surface area contributed by atoms with Crippen LogP contribution in [0.1, 0.15) is 52.4 Å². The van der Waals surface area contributed by atoms with E-state index in [4.69, 9.17) is 16.3 Å². The van der Waals surface area contributed by atoms with Crippen molar-refractivity contribution in [2.24, 2.45) is 11.8 Å². The smallest absolute Gasteiger partial charge is 0.0468 e. The Labute approximate surface area is 118 Å². The molecule has 2 nitrogen and oxygen atoms in total. The molecule has 0 saturated carbocycles. The number of unbranched alkanes of at least 4 members (excludes halogenated alkanes) is 1. The molecule has 0 aromatic rings. The predicted molar refractivity (Wildman–Crippen MR) is 79.4 cm³/mol. The topological polar surface area (TPSA) is 21.3 Å². The van der Waals surface area contributed by atoms with Crippen molar-refractivity contribution < 1.29 is 4.74 Å². The minimum absolute atomic E-state index is 0.495. The molecule has 108 valence electrons. The fraction of sp³-hybridized carbons (Fsp3) is 1.00. The summed E-state index contributed by atoms with van der Waals surface area (Å²) in [6.45, 7) is 7.59. The molecule has 0 spiro atoms. The molecule has 0 aliphatic carbocycles. The van der Waals surface area contributed by atoms with E-state index >= 15 is 0 Å². The van der Waals surface area contributed by atoms with E-state index in [0.717, 1.165) is 37.5 Å². The fourth-order valence-electron chi connectivity index (χ4n) is 2.67. The van der Waals surface area contributed by atoms with E-state index in [9.17, 15) is 0 Å². The summed E-state index contributed by atoms with van der Waals surface area (Å²) < 4.78 is 5.38. The third-order valence-corrected chi connectivity index (χ3v) is 4.13. The summed E-state index contributed by atoms with van der Waals surface area (Å²) in [6, 6.07) is 0.495. The Hall–Kier alpha value is 0.210. The molecule has 1 heterocycles. The van der Waals surface area contributed by atoms with Crippen molar-refractivity contribution in [1.29, 1.82) is 0 Å². The molecule has 1 rings (SSSR count). The lowest BCUT2D eigenvalue weighted by molar-refractivity contribution is 0.0631. The van der Waals surface area contributed by atoms with Gasteiger partial charge in [0.05, 0.1) is 0 Å². The summed E-state index contributed by atoms with van der Waals surface area (Å²) in [4.78, 5) is 0. The lowest BCUT2D eigenvalue weighted by atomic mass is 9.94. The zero-order chi connectivity index (χ0) is 13.2. The first-order valence-corrected chi connectivity index (χ1v) is 8.13. The van der Waals surface area contributed by atoms with Gasteiger partial charge in [0.2, 0.25) is 0 Å². The van der Waals surface area contributed by atoms with Crippen LogP contribution in [-0.2, 0) is 4.74 Å². The zero-order valence-electron chi connectivity index (χ0n) is 12.1. The van der Waals surface area contributed by atoms with E-state index in [2.05, 4.69) is 19.2 Å². The standard InChI is InChI=1S/C15H30ClNO/c1-13(2)11-15(12-16)17-8-4-3-5-14-6-9-18-10-7-14/h13-15,17H,3-12H2,1-2H3. The highest BCUT2D eigenvalue weighted by atomic mass is 35.5. The first-order valence-electron chi connectivity index (χ1n) is 7.59. The number of halogens is 1. The van der Waals surface area contributed by atoms with Crippen molar-refractivity contribution >= 4 is 11.6 Å². The maximum absolute atomic E-state index is 5.97. The second-order valence-electron chi connectivity index (χ2n) is 5.99. The molecule has 1 fully saturated rings. The molecule has 1 unspecified atom stereocenters. The van der Waals surface area contributed by atoms with E-state index in [-0.39, 0.29) is 0 Å². The van der Waals surface area contributed by atoms with Gasteiger partial charge in [-0.2, -0.15) is 0 Å². The molecular weight excluding hydrogens is 246 g/mol. The van der Waals surface area contributed by atoms with E-state index in [1.165, 1.54) is 38.5 Å². The molecule has 0 radical (unpaired) electrons. The van der Waals surface area contributed by atoms with Crippen LogP contribution < -0.4 is 5.32 Å². The van der Waals surface area contributed by atoms with Crippen LogP contribution >= 0.6 is 11.6 Å². The molecule has 1 saturated heterocycles. The molecule has 1 aliphatic rings. The lowest BCUT2D eigenvalue weighted by Crippen LogP contribution is -2.32. The van der Waals surface area contributed by atoms with Gasteiger partial charge in [-0.1, -0.05) is 26.7 Å². The van der Waals surface area contributed by atoms with Crippen LogP contribution in [0.4, 0.5) is 0 Å². The highest BCUT2D eigenvalue weighted by Crippen LogP contribution is 2.20. The molecule has 0 amide bonds. The third-order valence-electron chi connectivity index (χ3n) is 3.76. The highest BCUT2D eigenvalue weighted by Gasteiger charge is 2.13. The average Bonchev–Trinajstić information content (AvgIpc) is 2.37. The van der Waals surface area contributed by atoms with Gasteiger partial charge in [0.1, 0.15) is 0 Å². The van der Waals surface area contributed by atoms with Crippen molar-refractivity contribution in [3.63, 3.8) is 0 Å². The van der Waals surface area contributed by atoms with Crippen LogP contribution in [-0.4, -0.2) is 31.7 Å². The molecule has 18 heavy (non-hydrogen) atoms. The Morgan fingerprint density at radius 3 is 2.56 bits per heavy atom. The van der Waals surface area contributed by atoms with Crippen molar-refractivity contribution in [1.82, 2.24) is 5.32 Å². The number of hydrogen-bond acceptors (Lipinski definition) is 2. The quantitative estimate of drug-likeness (QED) is 0.510. The van der Waals surface area contributed by atoms with Crippen molar-refractivity contribution in [2.75, 3.05) is 25.6 Å². The molecule has 0 aromatic heterocycles. The van der Waals surface area contributed by atoms with E-state index in [1.54, 1.807) is 0 Å². The van der Waals surface area contributed by atoms with Gasteiger partial charge >= 0.3 is 0 Å². The Bertz CT molecular complexity index is 193. The van der Waals surface area contributed by atoms with Gasteiger partial charge in [-0.15, -0.1) is 11.6 Å². The fourth-order valence-corrected chi connectivity index (χ4v) is 2.90. The SMILES string of the molecule is CC(C)CC(CCl)NCCCCC1CCOCC1. The summed E-state index contributed by atoms with van der Waals surface area (Å²) in [5, 5.41) is 3.58. The Morgan fingerprint density at radius 1 is 1.22 bits per heavy atom. The number of hydrogen-bond donors (Lipinski definition) is 1. The Balaban J connectivity index is 1.96. The van der Waals surface area contributed by atoms with Gasteiger partial charge in [-0.25, -0.2) is 0 Å². The minimum atomic E-state index is 0.495. The largest absolute Gasteiger partial charge is 0.381 e. The third kappa shape index (κ3) is 7.60. The van der Waals surface area contributed by atoms with E-state index in [1.807, 2.05) is 0 Å². The maximum Gasteiger partial charge on any atom is 0.0468 e. The van der Waals surface area contributed by atoms with Crippen LogP contribution in [0, 0.1) is 11.8 Å². The number of nitrogens with one attached hydrogen (secondary N) is 1. The second kappa shape index (κ2) is 10.1. The summed E-state index contributed by atoms with van der Waals surface area (Å²) in [6.07, 6.45) is 7.72. The maximum atomic E-state index is 5.97. The van der Waals surface area contributed by atoms with Crippen LogP contribution in [0.15, 0.2) is 0 Å². The summed E-state index contributed by atoms with van der Waals surface area (Å²) in [5.41, 5.74) is 0. The second-order valence-corrected chi connectivity index (χ2v) is 6.30. The first-order chi connectivity index (χ1) is 8.72. The van der Waals surface area contributed by atoms with Gasteiger partial charge in [-0.3, -0.25) is 0 Å². The molecule has 3 heteroatoms. The van der Waals surface area contributed by atoms with E-state index < -0.39 is 0 Å². The molecule has 1 atom stereocenters. The molecule has 1 N–H and O–H groups in total. The van der Waals surface area contributed by atoms with Crippen LogP contribution in [0.5, 0.6) is 0 Å². The molecule has 1 aliphatic heterocycles. The van der Waals surface area contributed by atoms with Gasteiger partial charge in [-0.05, 0) is 44.1 Å². The molecule has 0 aromatic carbocycles. The number of rotatable bonds is 9. The van der Waals surface area contributed by atoms with E-state index in [0.29, 0.717) is 6.04 Å². The van der Waals surface area contributed by atoms with Gasteiger partial charge < -0.3 is 10.1 Å². The zero-order valence-corrected chi connectivity index (χ0v) is 12.8. The van der Waals surface area contributed by atoms with Gasteiger partial charge in [0, 0.05) is 25.1 Å². The minimum Gasteiger partial charge on any atom is -0.381 e. The highest BCUT2D eigenvalue weighted by molar-refractivity contribution is 6.18. The predicted octanol–water partition coefficient (Wildman–Crippen LogP) is 3.83. The van der Waals surface area contributed by atoms with Crippen LogP contribution in [0.25, 0.3) is 0 Å². The average molecular weight is 276 g/mol. The Morgan fingerprint density at radius 2 is 1.94 bits per heavy atom. The summed E-state index contributed by atoms with van der Waals surface area (Å²) in [7, 11) is 0. The summed E-state index contributed by atoms with van der Waals surface area (Å²) >= 11 is 5.97. The van der Waals surface area contributed by atoms with Gasteiger partial charge in [0.25, 0.3) is 0 Å². The summed E-state index contributed by atoms with van der Waals surface area (Å²) in [5.74, 6) is 2.37. The number of ether oxygens (including phenoxy) is 1. The van der Waals surface area contributed by atoms with Gasteiger partial charge in [0.15, 0.2) is 0 Å². The Kier molecular flexibility index (Phi) is 9.08. The van der Waals surface area contributed by atoms with Crippen molar-refractivity contribution in [3.8, 4) is 0 Å². The van der Waals surface area contributed by atoms with Crippen molar-refractivity contribution in [2.45, 2.75) is 58.4 Å². The lowest BCUT2D eigenvalue weighted by Gasteiger charge is -2.22. The molecular formula is C15H30ClNO. The molecule has 0 bridgehead atoms. The monoisotopic (exact) mass is 275 g/mol. The first kappa shape index (κ1) is 16.3. The van der Waals surface area contributed by atoms with Crippen LogP contribution in [0.2, 0.25) is 0 Å². The van der Waals surface area contributed by atoms with Crippen LogP contribution in [0.3, 0.4) is 0 Å². The van der Waals surface area contributed by atoms with Crippen molar-refractivity contribution in [3.05, 3.63) is 0 Å².